The van der Waals surface area contributed by atoms with E-state index in [0.717, 1.165) is 9.87 Å². The van der Waals surface area contributed by atoms with Gasteiger partial charge in [-0.2, -0.15) is 0 Å². The SMILES string of the molecule is CCNC(=O)C(C)N(Cc1cccc(Cl)c1)C(=O)CN(c1ccc(C)cc1)S(=O)(=O)c1ccc(OCC)cc1. The maximum absolute atomic E-state index is 13.9. The van der Waals surface area contributed by atoms with Crippen LogP contribution in [0.4, 0.5) is 5.69 Å². The van der Waals surface area contributed by atoms with E-state index in [2.05, 4.69) is 5.32 Å². The summed E-state index contributed by atoms with van der Waals surface area (Å²) in [7, 11) is -4.15. The van der Waals surface area contributed by atoms with Gasteiger partial charge in [0.2, 0.25) is 11.8 Å². The summed E-state index contributed by atoms with van der Waals surface area (Å²) in [5, 5.41) is 3.23. The van der Waals surface area contributed by atoms with Gasteiger partial charge in [-0.05, 0) is 81.8 Å². The van der Waals surface area contributed by atoms with Crippen LogP contribution in [0.15, 0.2) is 77.7 Å². The van der Waals surface area contributed by atoms with E-state index in [4.69, 9.17) is 16.3 Å². The van der Waals surface area contributed by atoms with Crippen LogP contribution in [-0.4, -0.2) is 50.9 Å². The van der Waals surface area contributed by atoms with Crippen LogP contribution in [0, 0.1) is 6.92 Å². The first-order valence-electron chi connectivity index (χ1n) is 12.7. The molecule has 0 bridgehead atoms. The molecule has 1 unspecified atom stereocenters. The predicted molar refractivity (Wildman–Crippen MR) is 153 cm³/mol. The molecule has 0 fully saturated rings. The second-order valence-electron chi connectivity index (χ2n) is 8.97. The standard InChI is InChI=1S/C29H34ClN3O5S/c1-5-31-29(35)22(4)32(19-23-8-7-9-24(30)18-23)28(34)20-33(25-12-10-21(3)11-13-25)39(36,37)27-16-14-26(15-17-27)38-6-2/h7-18,22H,5-6,19-20H2,1-4H3,(H,31,35). The molecule has 2 amide bonds. The van der Waals surface area contributed by atoms with E-state index in [9.17, 15) is 18.0 Å². The number of rotatable bonds is 12. The fraction of sp³-hybridized carbons (Fsp3) is 0.310. The number of ether oxygens (including phenoxy) is 1. The summed E-state index contributed by atoms with van der Waals surface area (Å²) in [5.41, 5.74) is 1.98. The summed E-state index contributed by atoms with van der Waals surface area (Å²) in [6, 6.07) is 19.0. The number of benzene rings is 3. The molecule has 10 heteroatoms. The lowest BCUT2D eigenvalue weighted by atomic mass is 10.1. The average molecular weight is 572 g/mol. The Labute approximate surface area is 235 Å². The highest BCUT2D eigenvalue weighted by molar-refractivity contribution is 7.92. The predicted octanol–water partition coefficient (Wildman–Crippen LogP) is 4.80. The van der Waals surface area contributed by atoms with Crippen LogP contribution in [0.25, 0.3) is 0 Å². The van der Waals surface area contributed by atoms with Crippen molar-refractivity contribution in [1.29, 1.82) is 0 Å². The number of likely N-dealkylation sites (N-methyl/N-ethyl adjacent to an activating group) is 1. The first-order chi connectivity index (χ1) is 18.6. The Morgan fingerprint density at radius 1 is 1.00 bits per heavy atom. The topological polar surface area (TPSA) is 96.0 Å². The first-order valence-corrected chi connectivity index (χ1v) is 14.5. The zero-order chi connectivity index (χ0) is 28.6. The Balaban J connectivity index is 2.01. The van der Waals surface area contributed by atoms with Crippen molar-refractivity contribution in [3.05, 3.63) is 88.9 Å². The second-order valence-corrected chi connectivity index (χ2v) is 11.3. The van der Waals surface area contributed by atoms with Gasteiger partial charge in [0.15, 0.2) is 0 Å². The van der Waals surface area contributed by atoms with E-state index in [-0.39, 0.29) is 17.3 Å². The highest BCUT2D eigenvalue weighted by Crippen LogP contribution is 2.26. The number of nitrogens with zero attached hydrogens (tertiary/aromatic N) is 2. The smallest absolute Gasteiger partial charge is 0.264 e. The minimum atomic E-state index is -4.15. The van der Waals surface area contributed by atoms with Crippen molar-refractivity contribution in [3.63, 3.8) is 0 Å². The minimum absolute atomic E-state index is 0.0116. The number of nitrogens with one attached hydrogen (secondary N) is 1. The molecule has 8 nitrogen and oxygen atoms in total. The van der Waals surface area contributed by atoms with Crippen LogP contribution in [0.1, 0.15) is 31.9 Å². The van der Waals surface area contributed by atoms with Crippen LogP contribution in [0.3, 0.4) is 0 Å². The molecule has 1 N–H and O–H groups in total. The number of aryl methyl sites for hydroxylation is 1. The number of anilines is 1. The molecule has 3 aromatic carbocycles. The highest BCUT2D eigenvalue weighted by atomic mass is 35.5. The molecule has 208 valence electrons. The summed E-state index contributed by atoms with van der Waals surface area (Å²) in [6.45, 7) is 7.53. The van der Waals surface area contributed by atoms with Gasteiger partial charge in [0.25, 0.3) is 10.0 Å². The molecule has 0 aliphatic heterocycles. The zero-order valence-corrected chi connectivity index (χ0v) is 24.1. The quantitative estimate of drug-likeness (QED) is 0.337. The third-order valence-electron chi connectivity index (χ3n) is 6.08. The Hall–Kier alpha value is -3.56. The molecule has 3 aromatic rings. The van der Waals surface area contributed by atoms with Crippen molar-refractivity contribution in [2.45, 2.75) is 45.2 Å². The van der Waals surface area contributed by atoms with Crippen molar-refractivity contribution in [2.75, 3.05) is 24.0 Å². The largest absolute Gasteiger partial charge is 0.494 e. The Morgan fingerprint density at radius 2 is 1.67 bits per heavy atom. The first kappa shape index (κ1) is 30.0. The van der Waals surface area contributed by atoms with Crippen molar-refractivity contribution in [3.8, 4) is 5.75 Å². The van der Waals surface area contributed by atoms with E-state index in [0.29, 0.717) is 35.2 Å². The maximum Gasteiger partial charge on any atom is 0.264 e. The number of halogens is 1. The lowest BCUT2D eigenvalue weighted by Gasteiger charge is -2.32. The Bertz CT molecular complexity index is 1380. The van der Waals surface area contributed by atoms with Crippen LogP contribution in [0.5, 0.6) is 5.75 Å². The fourth-order valence-corrected chi connectivity index (χ4v) is 5.61. The monoisotopic (exact) mass is 571 g/mol. The summed E-state index contributed by atoms with van der Waals surface area (Å²) in [5.74, 6) is -0.342. The Morgan fingerprint density at radius 3 is 2.26 bits per heavy atom. The second kappa shape index (κ2) is 13.5. The average Bonchev–Trinajstić information content (AvgIpc) is 2.91. The molecule has 0 aromatic heterocycles. The molecule has 0 radical (unpaired) electrons. The van der Waals surface area contributed by atoms with Gasteiger partial charge in [-0.1, -0.05) is 41.4 Å². The molecule has 0 saturated heterocycles. The molecular weight excluding hydrogens is 538 g/mol. The molecule has 0 heterocycles. The van der Waals surface area contributed by atoms with Crippen molar-refractivity contribution >= 4 is 39.1 Å². The van der Waals surface area contributed by atoms with Crippen LogP contribution in [-0.2, 0) is 26.2 Å². The number of carbonyl (C=O) groups excluding carboxylic acids is 2. The highest BCUT2D eigenvalue weighted by Gasteiger charge is 2.32. The lowest BCUT2D eigenvalue weighted by Crippen LogP contribution is -2.51. The molecule has 1 atom stereocenters. The molecule has 39 heavy (non-hydrogen) atoms. The maximum atomic E-state index is 13.9. The zero-order valence-electron chi connectivity index (χ0n) is 22.6. The van der Waals surface area contributed by atoms with E-state index in [1.807, 2.05) is 13.8 Å². The normalized spacial score (nSPS) is 11.9. The van der Waals surface area contributed by atoms with Crippen molar-refractivity contribution in [2.24, 2.45) is 0 Å². The molecule has 0 aliphatic carbocycles. The third-order valence-corrected chi connectivity index (χ3v) is 8.11. The van der Waals surface area contributed by atoms with E-state index >= 15 is 0 Å². The van der Waals surface area contributed by atoms with Gasteiger partial charge in [0.05, 0.1) is 17.2 Å². The number of hydrogen-bond donors (Lipinski definition) is 1. The summed E-state index contributed by atoms with van der Waals surface area (Å²) in [6.07, 6.45) is 0. The van der Waals surface area contributed by atoms with Crippen LogP contribution < -0.4 is 14.4 Å². The summed E-state index contributed by atoms with van der Waals surface area (Å²) < 4.78 is 34.3. The lowest BCUT2D eigenvalue weighted by molar-refractivity contribution is -0.139. The van der Waals surface area contributed by atoms with Crippen LogP contribution >= 0.6 is 11.6 Å². The third kappa shape index (κ3) is 7.74. The number of carbonyl (C=O) groups is 2. The van der Waals surface area contributed by atoms with Crippen molar-refractivity contribution < 1.29 is 22.7 Å². The van der Waals surface area contributed by atoms with Gasteiger partial charge in [-0.25, -0.2) is 8.42 Å². The van der Waals surface area contributed by atoms with E-state index in [1.54, 1.807) is 74.5 Å². The molecule has 3 rings (SSSR count). The number of sulfonamides is 1. The Kier molecular flexibility index (Phi) is 10.4. The molecule has 0 aliphatic rings. The molecular formula is C29H34ClN3O5S. The fourth-order valence-electron chi connectivity index (χ4n) is 3.98. The molecule has 0 saturated carbocycles. The number of amides is 2. The van der Waals surface area contributed by atoms with Gasteiger partial charge in [0.1, 0.15) is 18.3 Å². The van der Waals surface area contributed by atoms with E-state index in [1.165, 1.54) is 17.0 Å². The van der Waals surface area contributed by atoms with Crippen LogP contribution in [0.2, 0.25) is 5.02 Å². The van der Waals surface area contributed by atoms with Gasteiger partial charge in [0, 0.05) is 18.1 Å². The summed E-state index contributed by atoms with van der Waals surface area (Å²) >= 11 is 6.16. The van der Waals surface area contributed by atoms with Gasteiger partial charge in [-0.3, -0.25) is 13.9 Å². The van der Waals surface area contributed by atoms with Gasteiger partial charge < -0.3 is 15.0 Å². The van der Waals surface area contributed by atoms with Gasteiger partial charge in [-0.15, -0.1) is 0 Å². The van der Waals surface area contributed by atoms with Crippen molar-refractivity contribution in [1.82, 2.24) is 10.2 Å². The molecule has 0 spiro atoms. The van der Waals surface area contributed by atoms with E-state index < -0.39 is 28.5 Å². The summed E-state index contributed by atoms with van der Waals surface area (Å²) in [4.78, 5) is 28.0. The minimum Gasteiger partial charge on any atom is -0.494 e. The number of hydrogen-bond acceptors (Lipinski definition) is 5. The van der Waals surface area contributed by atoms with Gasteiger partial charge >= 0.3 is 0 Å².